The lowest BCUT2D eigenvalue weighted by Gasteiger charge is -2.13. The average molecular weight is 555 g/mol. The number of ether oxygens (including phenoxy) is 3. The van der Waals surface area contributed by atoms with Gasteiger partial charge >= 0.3 is 5.97 Å². The van der Waals surface area contributed by atoms with E-state index in [0.717, 1.165) is 22.0 Å². The topological polar surface area (TPSA) is 86.2 Å². The van der Waals surface area contributed by atoms with E-state index in [1.165, 1.54) is 11.8 Å². The highest BCUT2D eigenvalue weighted by atomic mass is 79.9. The summed E-state index contributed by atoms with van der Waals surface area (Å²) in [6, 6.07) is 17.3. The van der Waals surface area contributed by atoms with Gasteiger partial charge in [-0.05, 0) is 60.8 Å². The molecule has 0 spiro atoms. The van der Waals surface area contributed by atoms with Gasteiger partial charge < -0.3 is 19.5 Å². The molecular formula is C26H23BrN2O5S. The summed E-state index contributed by atoms with van der Waals surface area (Å²) in [4.78, 5) is 29.5. The molecule has 1 saturated heterocycles. The summed E-state index contributed by atoms with van der Waals surface area (Å²) < 4.78 is 16.9. The number of fused-ring (bicyclic) bond motifs is 1. The number of rotatable bonds is 8. The molecule has 7 nitrogen and oxygen atoms in total. The number of aliphatic imine (C=N–C) groups is 1. The van der Waals surface area contributed by atoms with E-state index in [1.54, 1.807) is 25.1 Å². The minimum Gasteiger partial charge on any atom is -0.490 e. The molecule has 3 aromatic carbocycles. The molecule has 4 rings (SSSR count). The van der Waals surface area contributed by atoms with Crippen molar-refractivity contribution < 1.29 is 23.8 Å². The van der Waals surface area contributed by atoms with Crippen LogP contribution in [0.25, 0.3) is 16.8 Å². The zero-order valence-electron chi connectivity index (χ0n) is 19.2. The highest BCUT2D eigenvalue weighted by molar-refractivity contribution is 9.10. The predicted molar refractivity (Wildman–Crippen MR) is 142 cm³/mol. The lowest BCUT2D eigenvalue weighted by molar-refractivity contribution is -0.145. The number of hydrogen-bond donors (Lipinski definition) is 1. The van der Waals surface area contributed by atoms with E-state index in [9.17, 15) is 9.59 Å². The molecule has 180 valence electrons. The molecule has 1 heterocycles. The van der Waals surface area contributed by atoms with Crippen LogP contribution in [0.2, 0.25) is 0 Å². The van der Waals surface area contributed by atoms with Crippen molar-refractivity contribution in [3.05, 3.63) is 69.5 Å². The number of thioether (sulfide) groups is 1. The van der Waals surface area contributed by atoms with Gasteiger partial charge in [-0.25, -0.2) is 9.79 Å². The highest BCUT2D eigenvalue weighted by Gasteiger charge is 2.25. The van der Waals surface area contributed by atoms with Crippen molar-refractivity contribution in [2.24, 2.45) is 4.99 Å². The number of carbonyl (C=O) groups excluding carboxylic acids is 2. The fourth-order valence-corrected chi connectivity index (χ4v) is 4.68. The van der Waals surface area contributed by atoms with Gasteiger partial charge in [0.15, 0.2) is 23.3 Å². The molecule has 3 aromatic rings. The molecule has 0 aliphatic carbocycles. The third-order valence-electron chi connectivity index (χ3n) is 4.94. The van der Waals surface area contributed by atoms with E-state index in [1.807, 2.05) is 49.4 Å². The number of hydrogen-bond acceptors (Lipinski definition) is 7. The number of esters is 1. The number of carbonyl (C=O) groups is 2. The quantitative estimate of drug-likeness (QED) is 0.278. The second kappa shape index (κ2) is 11.4. The number of benzene rings is 3. The van der Waals surface area contributed by atoms with Crippen LogP contribution in [-0.4, -0.2) is 36.9 Å². The van der Waals surface area contributed by atoms with Gasteiger partial charge in [-0.15, -0.1) is 0 Å². The zero-order chi connectivity index (χ0) is 24.8. The maximum Gasteiger partial charge on any atom is 0.344 e. The summed E-state index contributed by atoms with van der Waals surface area (Å²) in [5.41, 5.74) is 1.51. The van der Waals surface area contributed by atoms with Gasteiger partial charge in [0.05, 0.1) is 23.8 Å². The van der Waals surface area contributed by atoms with Crippen LogP contribution in [0.3, 0.4) is 0 Å². The molecule has 0 aromatic heterocycles. The van der Waals surface area contributed by atoms with E-state index in [4.69, 9.17) is 14.2 Å². The SMILES string of the molecule is CCOC(=O)COc1cc(Br)c(C=C2SC(=Nc3cccc4ccccc34)NC2=O)cc1OCC. The molecular weight excluding hydrogens is 532 g/mol. The number of amidine groups is 1. The van der Waals surface area contributed by atoms with Crippen molar-refractivity contribution >= 4 is 67.3 Å². The Bertz CT molecular complexity index is 1330. The van der Waals surface area contributed by atoms with Gasteiger partial charge in [-0.2, -0.15) is 0 Å². The first-order valence-electron chi connectivity index (χ1n) is 11.0. The minimum atomic E-state index is -0.464. The molecule has 1 N–H and O–H groups in total. The van der Waals surface area contributed by atoms with Gasteiger partial charge in [0.1, 0.15) is 0 Å². The molecule has 35 heavy (non-hydrogen) atoms. The molecule has 1 aliphatic heterocycles. The largest absolute Gasteiger partial charge is 0.490 e. The first-order chi connectivity index (χ1) is 17.0. The molecule has 1 amide bonds. The van der Waals surface area contributed by atoms with Crippen LogP contribution in [0.5, 0.6) is 11.5 Å². The summed E-state index contributed by atoms with van der Waals surface area (Å²) in [5.74, 6) is 0.159. The van der Waals surface area contributed by atoms with Crippen molar-refractivity contribution in [3.63, 3.8) is 0 Å². The Kier molecular flexibility index (Phi) is 8.09. The number of nitrogens with one attached hydrogen (secondary N) is 1. The molecule has 0 bridgehead atoms. The first-order valence-corrected chi connectivity index (χ1v) is 12.6. The zero-order valence-corrected chi connectivity index (χ0v) is 21.6. The van der Waals surface area contributed by atoms with Crippen LogP contribution in [0.1, 0.15) is 19.4 Å². The normalized spacial score (nSPS) is 15.5. The predicted octanol–water partition coefficient (Wildman–Crippen LogP) is 5.83. The maximum atomic E-state index is 12.7. The Labute approximate surface area is 215 Å². The fourth-order valence-electron chi connectivity index (χ4n) is 3.42. The van der Waals surface area contributed by atoms with Crippen LogP contribution >= 0.6 is 27.7 Å². The van der Waals surface area contributed by atoms with Crippen LogP contribution in [0.4, 0.5) is 5.69 Å². The monoisotopic (exact) mass is 554 g/mol. The Morgan fingerprint density at radius 2 is 1.83 bits per heavy atom. The van der Waals surface area contributed by atoms with Gasteiger partial charge in [-0.3, -0.25) is 4.79 Å². The van der Waals surface area contributed by atoms with Crippen molar-refractivity contribution in [2.45, 2.75) is 13.8 Å². The third-order valence-corrected chi connectivity index (χ3v) is 6.54. The van der Waals surface area contributed by atoms with Gasteiger partial charge in [0, 0.05) is 9.86 Å². The van der Waals surface area contributed by atoms with Crippen LogP contribution in [0.15, 0.2) is 69.0 Å². The van der Waals surface area contributed by atoms with Crippen LogP contribution in [-0.2, 0) is 14.3 Å². The Hall–Kier alpha value is -3.30. The van der Waals surface area contributed by atoms with Crippen LogP contribution in [0, 0.1) is 0 Å². The summed E-state index contributed by atoms with van der Waals surface area (Å²) in [6.07, 6.45) is 1.76. The Morgan fingerprint density at radius 3 is 2.63 bits per heavy atom. The van der Waals surface area contributed by atoms with E-state index in [-0.39, 0.29) is 19.1 Å². The number of halogens is 1. The van der Waals surface area contributed by atoms with Crippen LogP contribution < -0.4 is 14.8 Å². The summed E-state index contributed by atoms with van der Waals surface area (Å²) >= 11 is 4.79. The molecule has 9 heteroatoms. The van der Waals surface area contributed by atoms with Gasteiger partial charge in [0.25, 0.3) is 5.91 Å². The first kappa shape index (κ1) is 24.8. The van der Waals surface area contributed by atoms with Gasteiger partial charge in [0.2, 0.25) is 0 Å². The number of nitrogens with zero attached hydrogens (tertiary/aromatic N) is 1. The van der Waals surface area contributed by atoms with E-state index < -0.39 is 5.97 Å². The summed E-state index contributed by atoms with van der Waals surface area (Å²) in [6.45, 7) is 4.04. The molecule has 1 aliphatic rings. The van der Waals surface area contributed by atoms with Crippen molar-refractivity contribution in [1.29, 1.82) is 0 Å². The van der Waals surface area contributed by atoms with Crippen molar-refractivity contribution in [3.8, 4) is 11.5 Å². The number of amides is 1. The van der Waals surface area contributed by atoms with E-state index >= 15 is 0 Å². The smallest absolute Gasteiger partial charge is 0.344 e. The third kappa shape index (κ3) is 6.04. The lowest BCUT2D eigenvalue weighted by Crippen LogP contribution is -2.19. The Morgan fingerprint density at radius 1 is 1.06 bits per heavy atom. The summed E-state index contributed by atoms with van der Waals surface area (Å²) in [7, 11) is 0. The minimum absolute atomic E-state index is 0.229. The molecule has 1 fully saturated rings. The van der Waals surface area contributed by atoms with Gasteiger partial charge in [-0.1, -0.05) is 52.3 Å². The molecule has 0 atom stereocenters. The average Bonchev–Trinajstić information content (AvgIpc) is 3.19. The molecule has 0 radical (unpaired) electrons. The molecule has 0 unspecified atom stereocenters. The summed E-state index contributed by atoms with van der Waals surface area (Å²) in [5, 5.41) is 5.44. The Balaban J connectivity index is 1.59. The molecule has 0 saturated carbocycles. The highest BCUT2D eigenvalue weighted by Crippen LogP contribution is 2.37. The van der Waals surface area contributed by atoms with E-state index in [2.05, 4.69) is 26.2 Å². The van der Waals surface area contributed by atoms with E-state index in [0.29, 0.717) is 32.7 Å². The second-order valence-electron chi connectivity index (χ2n) is 7.33. The fraction of sp³-hybridized carbons (Fsp3) is 0.192. The standard InChI is InChI=1S/C26H23BrN2O5S/c1-3-32-21-12-17(19(27)14-22(21)34-15-24(30)33-4-2)13-23-25(31)29-26(35-23)28-20-11-7-9-16-8-5-6-10-18(16)20/h5-14H,3-4,15H2,1-2H3,(H,28,29,31). The lowest BCUT2D eigenvalue weighted by atomic mass is 10.1. The second-order valence-corrected chi connectivity index (χ2v) is 9.21. The van der Waals surface area contributed by atoms with Crippen molar-refractivity contribution in [1.82, 2.24) is 5.32 Å². The van der Waals surface area contributed by atoms with Crippen molar-refractivity contribution in [2.75, 3.05) is 19.8 Å². The maximum absolute atomic E-state index is 12.7.